The molecule has 0 unspecified atom stereocenters. The highest BCUT2D eigenvalue weighted by Crippen LogP contribution is 2.42. The first kappa shape index (κ1) is 19.4. The third-order valence-electron chi connectivity index (χ3n) is 5.07. The van der Waals surface area contributed by atoms with Crippen LogP contribution in [0.5, 0.6) is 5.75 Å². The molecule has 1 aliphatic rings. The highest BCUT2D eigenvalue weighted by molar-refractivity contribution is 7.14. The van der Waals surface area contributed by atoms with Crippen LogP contribution in [-0.4, -0.2) is 32.5 Å². The van der Waals surface area contributed by atoms with E-state index >= 15 is 0 Å². The number of thiazole rings is 1. The average molecular weight is 432 g/mol. The number of hydrogen-bond acceptors (Lipinski definition) is 6. The third kappa shape index (κ3) is 3.94. The lowest BCUT2D eigenvalue weighted by Crippen LogP contribution is -2.15. The summed E-state index contributed by atoms with van der Waals surface area (Å²) < 4.78 is 7.48. The Bertz CT molecular complexity index is 1210. The van der Waals surface area contributed by atoms with E-state index in [-0.39, 0.29) is 5.91 Å². The van der Waals surface area contributed by atoms with Crippen molar-refractivity contribution < 1.29 is 9.53 Å². The molecule has 5 rings (SSSR count). The standard InChI is InChI=1S/C23H21N5O2S/c1-2-30-19-11-7-6-10-17(19)18-14-31-23(24-18)25-22(29)20-21(15-12-13-15)28(27-26-20)16-8-4-3-5-9-16/h3-11,14-15H,2,12-13H2,1H3,(H,24,25,29). The van der Waals surface area contributed by atoms with E-state index in [1.54, 1.807) is 4.68 Å². The molecule has 156 valence electrons. The topological polar surface area (TPSA) is 81.9 Å². The fourth-order valence-corrected chi connectivity index (χ4v) is 4.21. The van der Waals surface area contributed by atoms with Crippen LogP contribution in [0.1, 0.15) is 41.9 Å². The minimum Gasteiger partial charge on any atom is -0.493 e. The molecule has 4 aromatic rings. The van der Waals surface area contributed by atoms with Crippen molar-refractivity contribution in [3.05, 3.63) is 71.4 Å². The predicted molar refractivity (Wildman–Crippen MR) is 120 cm³/mol. The van der Waals surface area contributed by atoms with Gasteiger partial charge in [-0.2, -0.15) is 0 Å². The van der Waals surface area contributed by atoms with Gasteiger partial charge in [-0.15, -0.1) is 16.4 Å². The molecule has 1 amide bonds. The van der Waals surface area contributed by atoms with Crippen molar-refractivity contribution in [3.63, 3.8) is 0 Å². The van der Waals surface area contributed by atoms with Gasteiger partial charge in [-0.1, -0.05) is 35.5 Å². The van der Waals surface area contributed by atoms with Gasteiger partial charge in [0.2, 0.25) is 0 Å². The smallest absolute Gasteiger partial charge is 0.279 e. The maximum atomic E-state index is 13.0. The van der Waals surface area contributed by atoms with Gasteiger partial charge < -0.3 is 4.74 Å². The van der Waals surface area contributed by atoms with Crippen molar-refractivity contribution in [2.45, 2.75) is 25.7 Å². The van der Waals surface area contributed by atoms with Crippen LogP contribution in [-0.2, 0) is 0 Å². The van der Waals surface area contributed by atoms with Crippen LogP contribution in [0.25, 0.3) is 16.9 Å². The van der Waals surface area contributed by atoms with Gasteiger partial charge in [-0.3, -0.25) is 10.1 Å². The van der Waals surface area contributed by atoms with Gasteiger partial charge in [0, 0.05) is 16.9 Å². The molecule has 1 aliphatic carbocycles. The van der Waals surface area contributed by atoms with Crippen LogP contribution in [0.4, 0.5) is 5.13 Å². The van der Waals surface area contributed by atoms with Crippen molar-refractivity contribution >= 4 is 22.4 Å². The number of amides is 1. The number of nitrogens with zero attached hydrogens (tertiary/aromatic N) is 4. The Morgan fingerprint density at radius 3 is 2.71 bits per heavy atom. The summed E-state index contributed by atoms with van der Waals surface area (Å²) in [6.07, 6.45) is 2.08. The van der Waals surface area contributed by atoms with E-state index < -0.39 is 0 Å². The molecule has 7 nitrogen and oxygen atoms in total. The molecule has 2 heterocycles. The maximum absolute atomic E-state index is 13.0. The third-order valence-corrected chi connectivity index (χ3v) is 5.83. The molecule has 1 fully saturated rings. The molecule has 0 atom stereocenters. The first-order chi connectivity index (χ1) is 15.2. The molecule has 0 radical (unpaired) electrons. The Morgan fingerprint density at radius 2 is 1.94 bits per heavy atom. The van der Waals surface area contributed by atoms with Gasteiger partial charge >= 0.3 is 0 Å². The SMILES string of the molecule is CCOc1ccccc1-c1csc(NC(=O)c2nnn(-c3ccccc3)c2C2CC2)n1. The Balaban J connectivity index is 1.40. The summed E-state index contributed by atoms with van der Waals surface area (Å²) in [4.78, 5) is 17.6. The number of anilines is 1. The Kier molecular flexibility index (Phi) is 5.21. The number of carbonyl (C=O) groups is 1. The molecule has 2 aromatic carbocycles. The molecule has 0 bridgehead atoms. The Labute approximate surface area is 183 Å². The summed E-state index contributed by atoms with van der Waals surface area (Å²) >= 11 is 1.37. The minimum atomic E-state index is -0.289. The van der Waals surface area contributed by atoms with E-state index in [1.165, 1.54) is 11.3 Å². The first-order valence-corrected chi connectivity index (χ1v) is 11.1. The second-order valence-corrected chi connectivity index (χ2v) is 8.12. The molecule has 2 aromatic heterocycles. The molecule has 0 spiro atoms. The highest BCUT2D eigenvalue weighted by Gasteiger charge is 2.34. The van der Waals surface area contributed by atoms with E-state index in [2.05, 4.69) is 20.6 Å². The zero-order valence-corrected chi connectivity index (χ0v) is 17.8. The van der Waals surface area contributed by atoms with Crippen molar-refractivity contribution in [3.8, 4) is 22.7 Å². The number of nitrogens with one attached hydrogen (secondary N) is 1. The van der Waals surface area contributed by atoms with Crippen LogP contribution in [0, 0.1) is 0 Å². The van der Waals surface area contributed by atoms with E-state index in [0.29, 0.717) is 23.4 Å². The molecule has 31 heavy (non-hydrogen) atoms. The van der Waals surface area contributed by atoms with Crippen LogP contribution >= 0.6 is 11.3 Å². The lowest BCUT2D eigenvalue weighted by molar-refractivity contribution is 0.102. The van der Waals surface area contributed by atoms with Crippen molar-refractivity contribution in [1.82, 2.24) is 20.0 Å². The Hall–Kier alpha value is -3.52. The molecule has 8 heteroatoms. The molecular weight excluding hydrogens is 410 g/mol. The molecule has 0 saturated heterocycles. The Morgan fingerprint density at radius 1 is 1.16 bits per heavy atom. The second kappa shape index (κ2) is 8.31. The van der Waals surface area contributed by atoms with Gasteiger partial charge in [0.05, 0.1) is 23.7 Å². The molecule has 1 saturated carbocycles. The van der Waals surface area contributed by atoms with Gasteiger partial charge in [0.25, 0.3) is 5.91 Å². The van der Waals surface area contributed by atoms with Gasteiger partial charge in [0.15, 0.2) is 10.8 Å². The number of para-hydroxylation sites is 2. The lowest BCUT2D eigenvalue weighted by atomic mass is 10.1. The summed E-state index contributed by atoms with van der Waals surface area (Å²) in [7, 11) is 0. The summed E-state index contributed by atoms with van der Waals surface area (Å²) in [6, 6.07) is 17.5. The predicted octanol–water partition coefficient (Wildman–Crippen LogP) is 4.92. The van der Waals surface area contributed by atoms with Crippen molar-refractivity contribution in [2.24, 2.45) is 0 Å². The number of aromatic nitrogens is 4. The number of ether oxygens (including phenoxy) is 1. The first-order valence-electron chi connectivity index (χ1n) is 10.2. The summed E-state index contributed by atoms with van der Waals surface area (Å²) in [5.74, 6) is 0.791. The van der Waals surface area contributed by atoms with E-state index in [0.717, 1.165) is 41.2 Å². The summed E-state index contributed by atoms with van der Waals surface area (Å²) in [6.45, 7) is 2.52. The van der Waals surface area contributed by atoms with E-state index in [4.69, 9.17) is 4.74 Å². The highest BCUT2D eigenvalue weighted by atomic mass is 32.1. The number of rotatable bonds is 7. The van der Waals surface area contributed by atoms with Crippen LogP contribution in [0.15, 0.2) is 60.0 Å². The molecule has 0 aliphatic heterocycles. The fraction of sp³-hybridized carbons (Fsp3) is 0.217. The average Bonchev–Trinajstić information content (AvgIpc) is 3.37. The second-order valence-electron chi connectivity index (χ2n) is 7.27. The molecule has 1 N–H and O–H groups in total. The minimum absolute atomic E-state index is 0.289. The number of benzene rings is 2. The maximum Gasteiger partial charge on any atom is 0.279 e. The summed E-state index contributed by atoms with van der Waals surface area (Å²) in [5.41, 5.74) is 3.79. The van der Waals surface area contributed by atoms with Crippen LogP contribution < -0.4 is 10.1 Å². The van der Waals surface area contributed by atoms with E-state index in [1.807, 2.05) is 66.9 Å². The normalized spacial score (nSPS) is 13.2. The van der Waals surface area contributed by atoms with Crippen molar-refractivity contribution in [2.75, 3.05) is 11.9 Å². The van der Waals surface area contributed by atoms with Crippen LogP contribution in [0.3, 0.4) is 0 Å². The number of hydrogen-bond donors (Lipinski definition) is 1. The number of carbonyl (C=O) groups excluding carboxylic acids is 1. The molecular formula is C23H21N5O2S. The monoisotopic (exact) mass is 431 g/mol. The van der Waals surface area contributed by atoms with Gasteiger partial charge in [-0.05, 0) is 44.0 Å². The fourth-order valence-electron chi connectivity index (χ4n) is 3.50. The van der Waals surface area contributed by atoms with Crippen molar-refractivity contribution in [1.29, 1.82) is 0 Å². The van der Waals surface area contributed by atoms with Crippen LogP contribution in [0.2, 0.25) is 0 Å². The summed E-state index contributed by atoms with van der Waals surface area (Å²) in [5, 5.41) is 13.8. The lowest BCUT2D eigenvalue weighted by Gasteiger charge is -2.07. The zero-order valence-electron chi connectivity index (χ0n) is 17.0. The van der Waals surface area contributed by atoms with Gasteiger partial charge in [-0.25, -0.2) is 9.67 Å². The van der Waals surface area contributed by atoms with Gasteiger partial charge in [0.1, 0.15) is 5.75 Å². The quantitative estimate of drug-likeness (QED) is 0.449. The largest absolute Gasteiger partial charge is 0.493 e. The van der Waals surface area contributed by atoms with E-state index in [9.17, 15) is 4.79 Å². The zero-order chi connectivity index (χ0) is 21.2.